The summed E-state index contributed by atoms with van der Waals surface area (Å²) < 4.78 is 10.1. The van der Waals surface area contributed by atoms with E-state index < -0.39 is 5.97 Å². The molecule has 5 nitrogen and oxygen atoms in total. The van der Waals surface area contributed by atoms with Gasteiger partial charge in [0.05, 0.1) is 18.7 Å². The number of hydrogen-bond acceptors (Lipinski definition) is 4. The molecule has 1 atom stereocenters. The minimum atomic E-state index is -0.545. The van der Waals surface area contributed by atoms with Gasteiger partial charge in [-0.05, 0) is 61.7 Å². The maximum atomic E-state index is 12.0. The molecule has 0 aromatic heterocycles. The lowest BCUT2D eigenvalue weighted by molar-refractivity contribution is -0.124. The molecule has 25 heavy (non-hydrogen) atoms. The zero-order valence-electron chi connectivity index (χ0n) is 15.0. The molecule has 1 N–H and O–H groups in total. The zero-order chi connectivity index (χ0) is 18.4. The van der Waals surface area contributed by atoms with Crippen molar-refractivity contribution in [3.63, 3.8) is 0 Å². The predicted octanol–water partition coefficient (Wildman–Crippen LogP) is 3.35. The van der Waals surface area contributed by atoms with Crippen molar-refractivity contribution < 1.29 is 19.1 Å². The molecule has 0 spiro atoms. The minimum absolute atomic E-state index is 0.161. The molecule has 0 aliphatic carbocycles. The number of esters is 1. The average Bonchev–Trinajstić information content (AvgIpc) is 2.62. The number of amides is 1. The number of rotatable bonds is 6. The Hall–Kier alpha value is -2.82. The highest BCUT2D eigenvalue weighted by molar-refractivity contribution is 5.91. The van der Waals surface area contributed by atoms with Gasteiger partial charge in [-0.1, -0.05) is 18.2 Å². The first-order valence-electron chi connectivity index (χ1n) is 8.08. The van der Waals surface area contributed by atoms with E-state index in [-0.39, 0.29) is 18.6 Å². The van der Waals surface area contributed by atoms with Gasteiger partial charge in [0.25, 0.3) is 5.91 Å². The second-order valence-corrected chi connectivity index (χ2v) is 5.94. The number of benzene rings is 2. The van der Waals surface area contributed by atoms with Crippen molar-refractivity contribution in [2.45, 2.75) is 26.8 Å². The van der Waals surface area contributed by atoms with E-state index in [1.54, 1.807) is 31.4 Å². The summed E-state index contributed by atoms with van der Waals surface area (Å²) in [5.74, 6) is -0.235. The Labute approximate surface area is 148 Å². The highest BCUT2D eigenvalue weighted by Gasteiger charge is 2.13. The summed E-state index contributed by atoms with van der Waals surface area (Å²) in [6.45, 7) is 5.65. The summed E-state index contributed by atoms with van der Waals surface area (Å²) in [5.41, 5.74) is 3.76. The lowest BCUT2D eigenvalue weighted by Crippen LogP contribution is -2.31. The average molecular weight is 341 g/mol. The highest BCUT2D eigenvalue weighted by Crippen LogP contribution is 2.17. The van der Waals surface area contributed by atoms with Crippen molar-refractivity contribution in [1.82, 2.24) is 5.32 Å². The normalized spacial score (nSPS) is 11.5. The van der Waals surface area contributed by atoms with E-state index in [2.05, 4.69) is 5.32 Å². The smallest absolute Gasteiger partial charge is 0.338 e. The van der Waals surface area contributed by atoms with Crippen LogP contribution in [0.5, 0.6) is 5.75 Å². The maximum Gasteiger partial charge on any atom is 0.338 e. The molecule has 0 aliphatic rings. The third-order valence-electron chi connectivity index (χ3n) is 4.07. The van der Waals surface area contributed by atoms with Crippen LogP contribution in [0.4, 0.5) is 0 Å². The Balaban J connectivity index is 1.86. The van der Waals surface area contributed by atoms with Crippen LogP contribution >= 0.6 is 0 Å². The van der Waals surface area contributed by atoms with Crippen molar-refractivity contribution in [2.24, 2.45) is 0 Å². The van der Waals surface area contributed by atoms with Crippen molar-refractivity contribution in [3.8, 4) is 5.75 Å². The molecular formula is C20H23NO4. The van der Waals surface area contributed by atoms with Gasteiger partial charge in [0.15, 0.2) is 6.61 Å². The first-order chi connectivity index (χ1) is 11.9. The van der Waals surface area contributed by atoms with Crippen LogP contribution in [0.1, 0.15) is 40.0 Å². The third kappa shape index (κ3) is 5.08. The summed E-state index contributed by atoms with van der Waals surface area (Å²) in [7, 11) is 1.55. The van der Waals surface area contributed by atoms with Crippen molar-refractivity contribution >= 4 is 11.9 Å². The molecule has 0 bridgehead atoms. The quantitative estimate of drug-likeness (QED) is 0.819. The Bertz CT molecular complexity index is 753. The van der Waals surface area contributed by atoms with Gasteiger partial charge in [0.2, 0.25) is 0 Å². The Morgan fingerprint density at radius 3 is 2.32 bits per heavy atom. The van der Waals surface area contributed by atoms with Gasteiger partial charge in [-0.2, -0.15) is 0 Å². The number of carbonyl (C=O) groups excluding carboxylic acids is 2. The molecule has 1 amide bonds. The lowest BCUT2D eigenvalue weighted by atomic mass is 10.0. The molecule has 0 saturated carbocycles. The summed E-state index contributed by atoms with van der Waals surface area (Å²) in [6, 6.07) is 12.4. The summed E-state index contributed by atoms with van der Waals surface area (Å²) in [6.07, 6.45) is 0. The van der Waals surface area contributed by atoms with Gasteiger partial charge in [0.1, 0.15) is 5.75 Å². The Morgan fingerprint density at radius 1 is 1.04 bits per heavy atom. The Kier molecular flexibility index (Phi) is 6.17. The van der Waals surface area contributed by atoms with Gasteiger partial charge in [-0.3, -0.25) is 4.79 Å². The predicted molar refractivity (Wildman–Crippen MR) is 95.8 cm³/mol. The molecule has 5 heteroatoms. The van der Waals surface area contributed by atoms with Crippen LogP contribution < -0.4 is 10.1 Å². The van der Waals surface area contributed by atoms with E-state index in [1.807, 2.05) is 39.0 Å². The van der Waals surface area contributed by atoms with Gasteiger partial charge in [-0.15, -0.1) is 0 Å². The van der Waals surface area contributed by atoms with Gasteiger partial charge in [-0.25, -0.2) is 4.79 Å². The molecular weight excluding hydrogens is 318 g/mol. The molecule has 0 aliphatic heterocycles. The van der Waals surface area contributed by atoms with Crippen molar-refractivity contribution in [2.75, 3.05) is 13.7 Å². The summed E-state index contributed by atoms with van der Waals surface area (Å²) in [5, 5.41) is 2.83. The van der Waals surface area contributed by atoms with E-state index in [9.17, 15) is 9.59 Å². The van der Waals surface area contributed by atoms with E-state index in [0.29, 0.717) is 11.3 Å². The third-order valence-corrected chi connectivity index (χ3v) is 4.07. The Morgan fingerprint density at radius 2 is 1.72 bits per heavy atom. The standard InChI is InChI=1S/C20H23NO4/c1-13-5-6-17(11-14(13)2)15(3)21-19(22)12-25-20(23)16-7-9-18(24-4)10-8-16/h5-11,15H,12H2,1-4H3,(H,21,22)/t15-/m0/s1. The molecule has 2 rings (SSSR count). The van der Waals surface area contributed by atoms with Crippen LogP contribution in [0.25, 0.3) is 0 Å². The molecule has 2 aromatic carbocycles. The van der Waals surface area contributed by atoms with Gasteiger partial charge < -0.3 is 14.8 Å². The van der Waals surface area contributed by atoms with Gasteiger partial charge >= 0.3 is 5.97 Å². The first-order valence-corrected chi connectivity index (χ1v) is 8.08. The zero-order valence-corrected chi connectivity index (χ0v) is 15.0. The maximum absolute atomic E-state index is 12.0. The minimum Gasteiger partial charge on any atom is -0.497 e. The fourth-order valence-corrected chi connectivity index (χ4v) is 2.34. The van der Waals surface area contributed by atoms with E-state index >= 15 is 0 Å². The van der Waals surface area contributed by atoms with Crippen LogP contribution in [0.3, 0.4) is 0 Å². The molecule has 0 radical (unpaired) electrons. The van der Waals surface area contributed by atoms with Crippen molar-refractivity contribution in [3.05, 3.63) is 64.7 Å². The molecule has 0 heterocycles. The molecule has 0 fully saturated rings. The molecule has 0 saturated heterocycles. The van der Waals surface area contributed by atoms with E-state index in [1.165, 1.54) is 11.1 Å². The number of aryl methyl sites for hydroxylation is 2. The largest absolute Gasteiger partial charge is 0.497 e. The number of ether oxygens (including phenoxy) is 2. The van der Waals surface area contributed by atoms with E-state index in [4.69, 9.17) is 9.47 Å². The second-order valence-electron chi connectivity index (χ2n) is 5.94. The molecule has 132 valence electrons. The number of carbonyl (C=O) groups is 2. The van der Waals surface area contributed by atoms with Crippen molar-refractivity contribution in [1.29, 1.82) is 0 Å². The highest BCUT2D eigenvalue weighted by atomic mass is 16.5. The summed E-state index contributed by atoms with van der Waals surface area (Å²) >= 11 is 0. The van der Waals surface area contributed by atoms with Crippen LogP contribution in [0.2, 0.25) is 0 Å². The van der Waals surface area contributed by atoms with E-state index in [0.717, 1.165) is 5.56 Å². The SMILES string of the molecule is COc1ccc(C(=O)OCC(=O)N[C@@H](C)c2ccc(C)c(C)c2)cc1. The van der Waals surface area contributed by atoms with Crippen LogP contribution in [0, 0.1) is 13.8 Å². The molecule has 2 aromatic rings. The van der Waals surface area contributed by atoms with Crippen LogP contribution in [-0.4, -0.2) is 25.6 Å². The fraction of sp³-hybridized carbons (Fsp3) is 0.300. The topological polar surface area (TPSA) is 64.6 Å². The van der Waals surface area contributed by atoms with Crippen LogP contribution in [-0.2, 0) is 9.53 Å². The van der Waals surface area contributed by atoms with Gasteiger partial charge in [0, 0.05) is 0 Å². The monoisotopic (exact) mass is 341 g/mol. The first kappa shape index (κ1) is 18.5. The second kappa shape index (κ2) is 8.33. The number of nitrogens with one attached hydrogen (secondary N) is 1. The number of hydrogen-bond donors (Lipinski definition) is 1. The fourth-order valence-electron chi connectivity index (χ4n) is 2.34. The number of methoxy groups -OCH3 is 1. The molecule has 0 unspecified atom stereocenters. The summed E-state index contributed by atoms with van der Waals surface area (Å²) in [4.78, 5) is 24.0. The lowest BCUT2D eigenvalue weighted by Gasteiger charge is -2.15. The van der Waals surface area contributed by atoms with Crippen LogP contribution in [0.15, 0.2) is 42.5 Å².